The summed E-state index contributed by atoms with van der Waals surface area (Å²) in [4.78, 5) is 39.3. The minimum absolute atomic E-state index is 0.0552. The van der Waals surface area contributed by atoms with Gasteiger partial charge in [0.2, 0.25) is 5.91 Å². The van der Waals surface area contributed by atoms with Gasteiger partial charge in [0.05, 0.1) is 11.0 Å². The topological polar surface area (TPSA) is 78.9 Å². The van der Waals surface area contributed by atoms with E-state index in [1.165, 1.54) is 5.56 Å². The molecule has 2 saturated heterocycles. The van der Waals surface area contributed by atoms with Crippen LogP contribution in [0.25, 0.3) is 0 Å². The van der Waals surface area contributed by atoms with Crippen LogP contribution < -0.4 is 9.64 Å². The fraction of sp³-hybridized carbons (Fsp3) is 0.478. The van der Waals surface area contributed by atoms with Crippen molar-refractivity contribution in [2.75, 3.05) is 37.6 Å². The lowest BCUT2D eigenvalue weighted by molar-refractivity contribution is -0.134. The number of hydrogen-bond donors (Lipinski definition) is 0. The summed E-state index contributed by atoms with van der Waals surface area (Å²) < 4.78 is 6.64. The molecule has 1 atom stereocenters. The molecule has 3 heterocycles. The highest BCUT2D eigenvalue weighted by Crippen LogP contribution is 2.24. The fourth-order valence-electron chi connectivity index (χ4n) is 4.04. The van der Waals surface area contributed by atoms with Crippen LogP contribution in [0.15, 0.2) is 41.1 Å². The van der Waals surface area contributed by atoms with Crippen LogP contribution in [0.1, 0.15) is 38.2 Å². The Balaban J connectivity index is 1.32. The lowest BCUT2D eigenvalue weighted by Gasteiger charge is -2.33. The lowest BCUT2D eigenvalue weighted by Crippen LogP contribution is -2.48. The van der Waals surface area contributed by atoms with Gasteiger partial charge in [0.15, 0.2) is 0 Å². The molecule has 4 rings (SSSR count). The van der Waals surface area contributed by atoms with Crippen LogP contribution in [0.2, 0.25) is 0 Å². The van der Waals surface area contributed by atoms with Gasteiger partial charge in [0, 0.05) is 37.7 Å². The number of piperidine rings is 1. The summed E-state index contributed by atoms with van der Waals surface area (Å²) in [5.74, 6) is 0.389. The first-order valence-corrected chi connectivity index (χ1v) is 11.8. The van der Waals surface area contributed by atoms with Crippen molar-refractivity contribution in [1.82, 2.24) is 19.8 Å². The molecule has 32 heavy (non-hydrogen) atoms. The summed E-state index contributed by atoms with van der Waals surface area (Å²) in [5.41, 5.74) is 2.11. The molecule has 2 aromatic rings. The highest BCUT2D eigenvalue weighted by molar-refractivity contribution is 9.10. The van der Waals surface area contributed by atoms with Crippen LogP contribution in [0, 0.1) is 0 Å². The number of nitrogens with zero attached hydrogens (tertiary/aromatic N) is 5. The van der Waals surface area contributed by atoms with Crippen molar-refractivity contribution < 1.29 is 14.3 Å². The number of aromatic nitrogens is 2. The van der Waals surface area contributed by atoms with Gasteiger partial charge >= 0.3 is 12.0 Å². The maximum atomic E-state index is 12.9. The van der Waals surface area contributed by atoms with Gasteiger partial charge < -0.3 is 14.5 Å². The van der Waals surface area contributed by atoms with E-state index in [-0.39, 0.29) is 24.6 Å². The zero-order valence-corrected chi connectivity index (χ0v) is 20.0. The maximum Gasteiger partial charge on any atom is 0.325 e. The molecular weight excluding hydrogens is 474 g/mol. The number of amides is 3. The Morgan fingerprint density at radius 1 is 1.16 bits per heavy atom. The van der Waals surface area contributed by atoms with Crippen molar-refractivity contribution >= 4 is 33.6 Å². The third-order valence-corrected chi connectivity index (χ3v) is 6.30. The van der Waals surface area contributed by atoms with E-state index in [0.717, 1.165) is 23.0 Å². The van der Waals surface area contributed by atoms with Crippen molar-refractivity contribution in [2.24, 2.45) is 0 Å². The number of hydrogen-bond acceptors (Lipinski definition) is 5. The second-order valence-corrected chi connectivity index (χ2v) is 9.42. The van der Waals surface area contributed by atoms with E-state index in [2.05, 4.69) is 51.9 Å². The summed E-state index contributed by atoms with van der Waals surface area (Å²) in [6.45, 7) is 6.64. The quantitative estimate of drug-likeness (QED) is 0.603. The Kier molecular flexibility index (Phi) is 6.93. The van der Waals surface area contributed by atoms with Gasteiger partial charge in [-0.05, 0) is 52.4 Å². The van der Waals surface area contributed by atoms with Gasteiger partial charge in [-0.2, -0.15) is 0 Å². The molecule has 0 bridgehead atoms. The molecule has 3 amide bonds. The number of urea groups is 1. The third kappa shape index (κ3) is 5.20. The molecule has 2 fully saturated rings. The number of carbonyl (C=O) groups is 2. The summed E-state index contributed by atoms with van der Waals surface area (Å²) in [7, 11) is 0. The van der Waals surface area contributed by atoms with Crippen LogP contribution >= 0.6 is 15.9 Å². The van der Waals surface area contributed by atoms with E-state index in [9.17, 15) is 9.59 Å². The van der Waals surface area contributed by atoms with Crippen molar-refractivity contribution in [3.05, 3.63) is 46.7 Å². The number of anilines is 1. The largest absolute Gasteiger partial charge is 0.458 e. The number of likely N-dealkylation sites (tertiary alicyclic amines) is 1. The molecule has 0 aliphatic carbocycles. The molecule has 8 nitrogen and oxygen atoms in total. The Morgan fingerprint density at radius 2 is 1.88 bits per heavy atom. The predicted molar refractivity (Wildman–Crippen MR) is 125 cm³/mol. The number of halogens is 1. The third-order valence-electron chi connectivity index (χ3n) is 5.89. The Labute approximate surface area is 196 Å². The van der Waals surface area contributed by atoms with Gasteiger partial charge in [-0.25, -0.2) is 14.8 Å². The number of ether oxygens (including phenoxy) is 1. The van der Waals surface area contributed by atoms with Crippen LogP contribution in [-0.2, 0) is 4.79 Å². The molecule has 0 saturated carbocycles. The fourth-order valence-corrected chi connectivity index (χ4v) is 4.25. The summed E-state index contributed by atoms with van der Waals surface area (Å²) in [6, 6.07) is 8.27. The molecule has 2 aliphatic rings. The number of carbonyl (C=O) groups excluding carboxylic acids is 2. The molecule has 1 aromatic heterocycles. The standard InChI is InChI=1S/C23H28BrN5O3/c1-16(2)17-5-7-19(8-6-17)29-11-10-28(23(29)31)15-21(30)27-9-3-4-20(14-27)32-22-25-12-18(24)13-26-22/h5-8,12-13,16,20H,3-4,9-11,14-15H2,1-2H3. The Bertz CT molecular complexity index is 951. The number of rotatable bonds is 6. The summed E-state index contributed by atoms with van der Waals surface area (Å²) in [5, 5.41) is 0. The highest BCUT2D eigenvalue weighted by Gasteiger charge is 2.33. The zero-order chi connectivity index (χ0) is 22.7. The molecule has 2 aliphatic heterocycles. The normalized spacial score (nSPS) is 19.1. The molecular formula is C23H28BrN5O3. The minimum atomic E-state index is -0.154. The predicted octanol–water partition coefficient (Wildman–Crippen LogP) is 3.67. The SMILES string of the molecule is CC(C)c1ccc(N2CCN(CC(=O)N3CCCC(Oc4ncc(Br)cn4)C3)C2=O)cc1. The van der Waals surface area contributed by atoms with E-state index < -0.39 is 0 Å². The Hall–Kier alpha value is -2.68. The van der Waals surface area contributed by atoms with Crippen LogP contribution in [-0.4, -0.2) is 70.5 Å². The molecule has 0 radical (unpaired) electrons. The number of benzene rings is 1. The van der Waals surface area contributed by atoms with Gasteiger partial charge in [-0.1, -0.05) is 26.0 Å². The Morgan fingerprint density at radius 3 is 2.56 bits per heavy atom. The van der Waals surface area contributed by atoms with Crippen molar-refractivity contribution in [1.29, 1.82) is 0 Å². The monoisotopic (exact) mass is 501 g/mol. The molecule has 9 heteroatoms. The molecule has 0 spiro atoms. The van der Waals surface area contributed by atoms with Gasteiger partial charge in [0.25, 0.3) is 0 Å². The molecule has 170 valence electrons. The van der Waals surface area contributed by atoms with Gasteiger partial charge in [-0.3, -0.25) is 9.69 Å². The van der Waals surface area contributed by atoms with Crippen LogP contribution in [0.5, 0.6) is 6.01 Å². The van der Waals surface area contributed by atoms with E-state index in [1.54, 1.807) is 27.1 Å². The second kappa shape index (κ2) is 9.85. The van der Waals surface area contributed by atoms with Crippen molar-refractivity contribution in [3.8, 4) is 6.01 Å². The van der Waals surface area contributed by atoms with Crippen LogP contribution in [0.3, 0.4) is 0 Å². The average Bonchev–Trinajstić information content (AvgIpc) is 3.15. The van der Waals surface area contributed by atoms with Crippen molar-refractivity contribution in [2.45, 2.75) is 38.7 Å². The van der Waals surface area contributed by atoms with Gasteiger partial charge in [-0.15, -0.1) is 0 Å². The molecule has 1 aromatic carbocycles. The molecule has 1 unspecified atom stereocenters. The van der Waals surface area contributed by atoms with Crippen LogP contribution in [0.4, 0.5) is 10.5 Å². The second-order valence-electron chi connectivity index (χ2n) is 8.51. The van der Waals surface area contributed by atoms with Gasteiger partial charge in [0.1, 0.15) is 12.6 Å². The lowest BCUT2D eigenvalue weighted by atomic mass is 10.0. The van der Waals surface area contributed by atoms with E-state index in [4.69, 9.17) is 4.74 Å². The summed E-state index contributed by atoms with van der Waals surface area (Å²) >= 11 is 3.30. The van der Waals surface area contributed by atoms with E-state index >= 15 is 0 Å². The van der Waals surface area contributed by atoms with E-state index in [0.29, 0.717) is 38.1 Å². The summed E-state index contributed by atoms with van der Waals surface area (Å²) in [6.07, 6.45) is 4.80. The maximum absolute atomic E-state index is 12.9. The average molecular weight is 502 g/mol. The minimum Gasteiger partial charge on any atom is -0.458 e. The van der Waals surface area contributed by atoms with Crippen molar-refractivity contribution in [3.63, 3.8) is 0 Å². The first-order chi connectivity index (χ1) is 15.4. The first kappa shape index (κ1) is 22.5. The first-order valence-electron chi connectivity index (χ1n) is 11.0. The smallest absolute Gasteiger partial charge is 0.325 e. The van der Waals surface area contributed by atoms with E-state index in [1.807, 2.05) is 12.1 Å². The zero-order valence-electron chi connectivity index (χ0n) is 18.4. The molecule has 0 N–H and O–H groups in total. The highest BCUT2D eigenvalue weighted by atomic mass is 79.9.